The van der Waals surface area contributed by atoms with Crippen LogP contribution in [0, 0.1) is 0 Å². The van der Waals surface area contributed by atoms with Crippen LogP contribution in [0.5, 0.6) is 0 Å². The summed E-state index contributed by atoms with van der Waals surface area (Å²) >= 11 is 0. The quantitative estimate of drug-likeness (QED) is 0.339. The molecule has 1 aliphatic carbocycles. The Labute approximate surface area is 235 Å². The predicted octanol–water partition coefficient (Wildman–Crippen LogP) is 5.77. The third-order valence-corrected chi connectivity index (χ3v) is 8.01. The van der Waals surface area contributed by atoms with E-state index in [1.165, 1.54) is 4.90 Å². The van der Waals surface area contributed by atoms with Gasteiger partial charge >= 0.3 is 12.1 Å². The van der Waals surface area contributed by atoms with Crippen molar-refractivity contribution in [1.82, 2.24) is 9.80 Å². The van der Waals surface area contributed by atoms with Crippen molar-refractivity contribution in [3.05, 3.63) is 95.6 Å². The van der Waals surface area contributed by atoms with Crippen molar-refractivity contribution < 1.29 is 23.9 Å². The second-order valence-electron chi connectivity index (χ2n) is 10.8. The van der Waals surface area contributed by atoms with E-state index in [1.807, 2.05) is 54.6 Å². The maximum absolute atomic E-state index is 14.1. The predicted molar refractivity (Wildman–Crippen MR) is 153 cm³/mol. The van der Waals surface area contributed by atoms with Crippen LogP contribution in [-0.4, -0.2) is 59.1 Å². The molecule has 0 radical (unpaired) electrons. The lowest BCUT2D eigenvalue weighted by Gasteiger charge is -2.39. The summed E-state index contributed by atoms with van der Waals surface area (Å²) in [5.41, 5.74) is 4.25. The zero-order chi connectivity index (χ0) is 28.3. The lowest BCUT2D eigenvalue weighted by Crippen LogP contribution is -2.58. The first-order valence-corrected chi connectivity index (χ1v) is 14.0. The second-order valence-corrected chi connectivity index (χ2v) is 10.8. The minimum Gasteiger partial charge on any atom is -0.464 e. The van der Waals surface area contributed by atoms with Gasteiger partial charge in [-0.15, -0.1) is 0 Å². The maximum Gasteiger partial charge on any atom is 0.410 e. The maximum atomic E-state index is 14.1. The van der Waals surface area contributed by atoms with Gasteiger partial charge in [0.1, 0.15) is 18.2 Å². The van der Waals surface area contributed by atoms with E-state index < -0.39 is 23.6 Å². The molecular weight excluding hydrogens is 504 g/mol. The number of rotatable bonds is 8. The van der Waals surface area contributed by atoms with Crippen molar-refractivity contribution in [3.63, 3.8) is 0 Å². The first-order valence-electron chi connectivity index (χ1n) is 14.0. The topological polar surface area (TPSA) is 76.2 Å². The average molecular weight is 541 g/mol. The monoisotopic (exact) mass is 540 g/mol. The number of esters is 1. The summed E-state index contributed by atoms with van der Waals surface area (Å²) < 4.78 is 11.2. The first kappa shape index (κ1) is 27.4. The van der Waals surface area contributed by atoms with Crippen LogP contribution in [0.3, 0.4) is 0 Å². The van der Waals surface area contributed by atoms with E-state index in [9.17, 15) is 14.4 Å². The van der Waals surface area contributed by atoms with E-state index in [1.54, 1.807) is 25.7 Å². The Bertz CT molecular complexity index is 1340. The number of nitrogens with zero attached hydrogens (tertiary/aromatic N) is 2. The zero-order valence-corrected chi connectivity index (χ0v) is 23.3. The lowest BCUT2D eigenvalue weighted by atomic mass is 9.98. The van der Waals surface area contributed by atoms with Crippen LogP contribution in [0.4, 0.5) is 4.79 Å². The molecule has 2 aliphatic rings. The van der Waals surface area contributed by atoms with Gasteiger partial charge < -0.3 is 14.4 Å². The van der Waals surface area contributed by atoms with Crippen molar-refractivity contribution in [2.75, 3.05) is 19.8 Å². The molecule has 208 valence electrons. The van der Waals surface area contributed by atoms with Gasteiger partial charge in [0.15, 0.2) is 0 Å². The van der Waals surface area contributed by atoms with Crippen molar-refractivity contribution >= 4 is 18.0 Å². The minimum absolute atomic E-state index is 0.0644. The van der Waals surface area contributed by atoms with Gasteiger partial charge in [-0.1, -0.05) is 78.9 Å². The second kappa shape index (κ2) is 11.5. The number of hydrogen-bond donors (Lipinski definition) is 0. The summed E-state index contributed by atoms with van der Waals surface area (Å²) in [5.74, 6) is -0.830. The third-order valence-electron chi connectivity index (χ3n) is 8.01. The van der Waals surface area contributed by atoms with E-state index in [0.717, 1.165) is 27.8 Å². The number of fused-ring (bicyclic) bond motifs is 3. The number of carbonyl (C=O) groups excluding carboxylic acids is 3. The van der Waals surface area contributed by atoms with Crippen LogP contribution in [0.2, 0.25) is 0 Å². The van der Waals surface area contributed by atoms with Gasteiger partial charge in [-0.2, -0.15) is 0 Å². The Morgan fingerprint density at radius 2 is 1.48 bits per heavy atom. The first-order chi connectivity index (χ1) is 19.3. The Balaban J connectivity index is 1.34. The molecule has 3 aromatic carbocycles. The number of likely N-dealkylation sites (tertiary alicyclic amines) is 1. The molecule has 5 rings (SSSR count). The fourth-order valence-electron chi connectivity index (χ4n) is 5.83. The zero-order valence-electron chi connectivity index (χ0n) is 23.3. The summed E-state index contributed by atoms with van der Waals surface area (Å²) in [7, 11) is 0. The summed E-state index contributed by atoms with van der Waals surface area (Å²) in [6.45, 7) is 6.17. The molecule has 1 fully saturated rings. The number of hydrogen-bond acceptors (Lipinski definition) is 5. The summed E-state index contributed by atoms with van der Waals surface area (Å²) in [5, 5.41) is 0. The highest BCUT2D eigenvalue weighted by Gasteiger charge is 2.45. The molecule has 0 spiro atoms. The van der Waals surface area contributed by atoms with Crippen molar-refractivity contribution in [3.8, 4) is 11.1 Å². The molecule has 7 nitrogen and oxygen atoms in total. The van der Waals surface area contributed by atoms with E-state index in [4.69, 9.17) is 9.47 Å². The van der Waals surface area contributed by atoms with Gasteiger partial charge in [0.05, 0.1) is 6.61 Å². The molecule has 1 atom stereocenters. The smallest absolute Gasteiger partial charge is 0.410 e. The van der Waals surface area contributed by atoms with Gasteiger partial charge in [0.2, 0.25) is 5.91 Å². The summed E-state index contributed by atoms with van der Waals surface area (Å²) in [6.07, 6.45) is 0.679. The number of carbonyl (C=O) groups is 3. The van der Waals surface area contributed by atoms with E-state index in [0.29, 0.717) is 19.4 Å². The molecule has 0 unspecified atom stereocenters. The van der Waals surface area contributed by atoms with Gasteiger partial charge in [-0.3, -0.25) is 9.69 Å². The fraction of sp³-hybridized carbons (Fsp3) is 0.364. The Kier molecular flexibility index (Phi) is 7.92. The number of amides is 2. The lowest BCUT2D eigenvalue weighted by molar-refractivity contribution is -0.163. The highest BCUT2D eigenvalue weighted by molar-refractivity contribution is 5.92. The van der Waals surface area contributed by atoms with E-state index in [-0.39, 0.29) is 31.6 Å². The van der Waals surface area contributed by atoms with Gasteiger partial charge in [0.25, 0.3) is 0 Å². The van der Waals surface area contributed by atoms with Crippen LogP contribution in [0.15, 0.2) is 78.9 Å². The summed E-state index contributed by atoms with van der Waals surface area (Å²) in [4.78, 5) is 43.6. The minimum atomic E-state index is -1.22. The van der Waals surface area contributed by atoms with Crippen LogP contribution in [-0.2, 0) is 25.6 Å². The fourth-order valence-corrected chi connectivity index (χ4v) is 5.83. The Morgan fingerprint density at radius 3 is 2.10 bits per heavy atom. The molecule has 1 heterocycles. The standard InChI is InChI=1S/C33H36N2O5/c1-4-39-31(37)33(2,3)35(21-23-13-6-5-7-14-23)30(36)29-19-12-20-34(29)32(38)40-22-28-26-17-10-8-15-24(26)25-16-9-11-18-27(25)28/h5-11,13-18,28-29H,4,12,19-22H2,1-3H3/t29-/m0/s1. The Hall–Kier alpha value is -4.13. The van der Waals surface area contributed by atoms with E-state index >= 15 is 0 Å². The normalized spacial score (nSPS) is 16.3. The van der Waals surface area contributed by atoms with Gasteiger partial charge in [-0.05, 0) is 61.4 Å². The number of ether oxygens (including phenoxy) is 2. The molecular formula is C33H36N2O5. The molecule has 7 heteroatoms. The van der Waals surface area contributed by atoms with Gasteiger partial charge in [0, 0.05) is 19.0 Å². The SMILES string of the molecule is CCOC(=O)C(C)(C)N(Cc1ccccc1)C(=O)[C@@H]1CCCN1C(=O)OCC1c2ccccc2-c2ccccc21. The van der Waals surface area contributed by atoms with Crippen molar-refractivity contribution in [2.24, 2.45) is 0 Å². The molecule has 0 saturated carbocycles. The van der Waals surface area contributed by atoms with Crippen LogP contribution >= 0.6 is 0 Å². The molecule has 0 N–H and O–H groups in total. The third kappa shape index (κ3) is 5.20. The van der Waals surface area contributed by atoms with Crippen LogP contribution in [0.1, 0.15) is 56.2 Å². The molecule has 1 aliphatic heterocycles. The van der Waals surface area contributed by atoms with Crippen molar-refractivity contribution in [2.45, 2.75) is 57.7 Å². The molecule has 3 aromatic rings. The molecule has 0 aromatic heterocycles. The molecule has 40 heavy (non-hydrogen) atoms. The largest absolute Gasteiger partial charge is 0.464 e. The van der Waals surface area contributed by atoms with E-state index in [2.05, 4.69) is 24.3 Å². The number of benzene rings is 3. The van der Waals surface area contributed by atoms with Crippen molar-refractivity contribution in [1.29, 1.82) is 0 Å². The van der Waals surface area contributed by atoms with Gasteiger partial charge in [-0.25, -0.2) is 9.59 Å². The average Bonchev–Trinajstić information content (AvgIpc) is 3.58. The highest BCUT2D eigenvalue weighted by Crippen LogP contribution is 2.44. The molecule has 2 amide bonds. The molecule has 0 bridgehead atoms. The Morgan fingerprint density at radius 1 is 0.875 bits per heavy atom. The molecule has 1 saturated heterocycles. The van der Waals surface area contributed by atoms with Crippen LogP contribution in [0.25, 0.3) is 11.1 Å². The highest BCUT2D eigenvalue weighted by atomic mass is 16.6. The summed E-state index contributed by atoms with van der Waals surface area (Å²) in [6, 6.07) is 25.2. The van der Waals surface area contributed by atoms with Crippen LogP contribution < -0.4 is 0 Å².